The third-order valence-corrected chi connectivity index (χ3v) is 12.0. The van der Waals surface area contributed by atoms with Crippen molar-refractivity contribution in [2.24, 2.45) is 10.7 Å². The fourth-order valence-electron chi connectivity index (χ4n) is 6.12. The minimum absolute atomic E-state index is 0.0718. The van der Waals surface area contributed by atoms with Gasteiger partial charge in [-0.25, -0.2) is 28.7 Å². The highest BCUT2D eigenvalue weighted by Gasteiger charge is 2.28. The number of thiazole rings is 2. The molecule has 1 fully saturated rings. The minimum Gasteiger partial charge on any atom is -0.772 e. The van der Waals surface area contributed by atoms with Gasteiger partial charge in [-0.2, -0.15) is 0 Å². The number of nitrogens with one attached hydrogen (secondary N) is 2. The zero-order chi connectivity index (χ0) is 40.9. The Bertz CT molecular complexity index is 2240. The summed E-state index contributed by atoms with van der Waals surface area (Å²) in [5.74, 6) is 4.95. The zero-order valence-electron chi connectivity index (χ0n) is 32.2. The second-order valence-corrected chi connectivity index (χ2v) is 16.3. The second kappa shape index (κ2) is 21.1. The van der Waals surface area contributed by atoms with Crippen molar-refractivity contribution in [2.75, 3.05) is 50.0 Å². The third kappa shape index (κ3) is 12.1. The number of carboxylic acids is 1. The maximum atomic E-state index is 14.9. The van der Waals surface area contributed by atoms with E-state index in [2.05, 4.69) is 43.6 Å². The van der Waals surface area contributed by atoms with Gasteiger partial charge in [-0.15, -0.1) is 11.3 Å². The monoisotopic (exact) mass is 834 g/mol. The van der Waals surface area contributed by atoms with Crippen molar-refractivity contribution in [1.29, 1.82) is 5.41 Å². The predicted octanol–water partition coefficient (Wildman–Crippen LogP) is 6.28. The highest BCUT2D eigenvalue weighted by atomic mass is 32.2. The summed E-state index contributed by atoms with van der Waals surface area (Å²) in [5, 5.41) is 23.2. The summed E-state index contributed by atoms with van der Waals surface area (Å²) in [4.78, 5) is 27.9. The molecule has 0 aliphatic carbocycles. The van der Waals surface area contributed by atoms with E-state index in [0.29, 0.717) is 83.7 Å². The van der Waals surface area contributed by atoms with Gasteiger partial charge in [0.25, 0.3) is 0 Å². The van der Waals surface area contributed by atoms with E-state index >= 15 is 0 Å². The Morgan fingerprint density at radius 3 is 2.75 bits per heavy atom. The Kier molecular flexibility index (Phi) is 16.0. The number of anilines is 1. The first-order valence-corrected chi connectivity index (χ1v) is 21.6. The lowest BCUT2D eigenvalue weighted by atomic mass is 9.98. The fourth-order valence-corrected chi connectivity index (χ4v) is 8.46. The third-order valence-electron chi connectivity index (χ3n) is 9.35. The number of aryl methyl sites for hydroxylation is 1. The Morgan fingerprint density at radius 1 is 1.21 bits per heavy atom. The van der Waals surface area contributed by atoms with Gasteiger partial charge in [0.1, 0.15) is 23.9 Å². The first kappa shape index (κ1) is 43.3. The van der Waals surface area contributed by atoms with Gasteiger partial charge < -0.3 is 30.3 Å². The van der Waals surface area contributed by atoms with Crippen LogP contribution < -0.4 is 20.7 Å². The molecule has 0 amide bonds. The minimum atomic E-state index is -2.04. The van der Waals surface area contributed by atoms with Gasteiger partial charge >= 0.3 is 5.97 Å². The van der Waals surface area contributed by atoms with E-state index in [1.807, 2.05) is 38.1 Å². The Morgan fingerprint density at radius 2 is 2.02 bits per heavy atom. The number of rotatable bonds is 18. The molecule has 5 rings (SSSR count). The standard InChI is InChI=1S/C40H47FN8O5S3/c1-4-26(2)48(20-10-24-57(52)53)22-19-44-18-7-11-28-16-17-32(30(41)25-28)54-23-9-15-34-35(38(50)51)46-40(56-34)49-21-8-12-29(37(49)43)27(3)36(42)47-39-45-31-13-5-6-14-33(31)55-39/h5-6,13-14,16-17,25,43-44H,4,8-10,12,15,18-24H2,1-3H3,(H3-,42,45,47,50,51,52,53)/b29-27-,43-37?,48-26?. The lowest BCUT2D eigenvalue weighted by Gasteiger charge is -2.30. The molecule has 1 aliphatic rings. The van der Waals surface area contributed by atoms with E-state index in [0.717, 1.165) is 29.6 Å². The maximum absolute atomic E-state index is 14.9. The van der Waals surface area contributed by atoms with Gasteiger partial charge in [0.05, 0.1) is 29.9 Å². The molecule has 1 atom stereocenters. The lowest BCUT2D eigenvalue weighted by molar-refractivity contribution is -0.527. The van der Waals surface area contributed by atoms with Crippen molar-refractivity contribution in [3.63, 3.8) is 0 Å². The number of nitrogens with zero attached hydrogens (tertiary/aromatic N) is 5. The first-order chi connectivity index (χ1) is 27.4. The molecule has 0 saturated carbocycles. The molecule has 2 aromatic carbocycles. The summed E-state index contributed by atoms with van der Waals surface area (Å²) < 4.78 is 45.5. The largest absolute Gasteiger partial charge is 0.772 e. The molecule has 0 bridgehead atoms. The van der Waals surface area contributed by atoms with E-state index in [-0.39, 0.29) is 35.5 Å². The molecule has 4 aromatic rings. The average Bonchev–Trinajstić information content (AvgIpc) is 3.81. The molecule has 1 aliphatic heterocycles. The summed E-state index contributed by atoms with van der Waals surface area (Å²) in [7, 11) is 0. The van der Waals surface area contributed by atoms with Crippen molar-refractivity contribution in [2.45, 2.75) is 59.3 Å². The van der Waals surface area contributed by atoms with Gasteiger partial charge in [-0.1, -0.05) is 53.3 Å². The van der Waals surface area contributed by atoms with E-state index < -0.39 is 22.9 Å². The summed E-state index contributed by atoms with van der Waals surface area (Å²) in [6.07, 6.45) is 3.56. The summed E-state index contributed by atoms with van der Waals surface area (Å²) >= 11 is 0.620. The number of benzene rings is 2. The summed E-state index contributed by atoms with van der Waals surface area (Å²) in [6.45, 7) is 9.08. The zero-order valence-corrected chi connectivity index (χ0v) is 34.7. The van der Waals surface area contributed by atoms with Crippen LogP contribution in [0.3, 0.4) is 0 Å². The number of hydrogen-bond acceptors (Lipinski definition) is 11. The van der Waals surface area contributed by atoms with Crippen molar-refractivity contribution >= 4 is 77.6 Å². The molecule has 1 unspecified atom stereocenters. The molecular weight excluding hydrogens is 788 g/mol. The van der Waals surface area contributed by atoms with E-state index in [4.69, 9.17) is 15.9 Å². The van der Waals surface area contributed by atoms with Gasteiger partial charge in [-0.05, 0) is 68.5 Å². The van der Waals surface area contributed by atoms with Crippen LogP contribution in [0, 0.1) is 23.1 Å². The van der Waals surface area contributed by atoms with Gasteiger partial charge in [0.15, 0.2) is 28.9 Å². The molecule has 13 nitrogen and oxygen atoms in total. The lowest BCUT2D eigenvalue weighted by Crippen LogP contribution is -2.38. The number of carboxylic acid groups (broad SMARTS) is 1. The number of piperidine rings is 1. The van der Waals surface area contributed by atoms with Crippen LogP contribution in [0.4, 0.5) is 14.7 Å². The number of aliphatic imine (C=N–C) groups is 1. The van der Waals surface area contributed by atoms with Crippen molar-refractivity contribution in [3.05, 3.63) is 75.6 Å². The average molecular weight is 835 g/mol. The number of ether oxygens (including phenoxy) is 1. The fraction of sp³-hybridized carbons (Fsp3) is 0.400. The molecule has 2 aromatic heterocycles. The number of fused-ring (bicyclic) bond motifs is 1. The molecular formula is C40H47FN8O5S3. The highest BCUT2D eigenvalue weighted by Crippen LogP contribution is 2.33. The number of aromatic carboxylic acids is 1. The number of aromatic nitrogens is 2. The van der Waals surface area contributed by atoms with Crippen molar-refractivity contribution < 1.29 is 32.4 Å². The highest BCUT2D eigenvalue weighted by molar-refractivity contribution is 7.79. The van der Waals surface area contributed by atoms with Crippen LogP contribution in [0.2, 0.25) is 0 Å². The Hall–Kier alpha value is -4.86. The maximum Gasteiger partial charge on any atom is 0.355 e. The smallest absolute Gasteiger partial charge is 0.355 e. The van der Waals surface area contributed by atoms with E-state index in [1.54, 1.807) is 11.0 Å². The number of halogens is 1. The van der Waals surface area contributed by atoms with Crippen LogP contribution in [0.25, 0.3) is 10.2 Å². The molecule has 3 heterocycles. The van der Waals surface area contributed by atoms with Crippen molar-refractivity contribution in [1.82, 2.24) is 15.3 Å². The van der Waals surface area contributed by atoms with Crippen LogP contribution in [0.5, 0.6) is 5.75 Å². The summed E-state index contributed by atoms with van der Waals surface area (Å²) in [6, 6.07) is 12.3. The molecule has 0 radical (unpaired) electrons. The number of nitrogens with two attached hydrogens (primary N) is 1. The van der Waals surface area contributed by atoms with Gasteiger partial charge in [0.2, 0.25) is 5.13 Å². The molecule has 1 saturated heterocycles. The SMILES string of the molecule is CCC(C)=[N+](CCCS(=O)[O-])CCNCC#Cc1ccc(OCCCc2sc(N3CCC/C(=C(C)/C(N)=N/c4nc5ccccc5s4)C3=N)nc2C(=O)O)c(F)c1. The number of carbonyl (C=O) groups is 1. The number of hydrogen-bond donors (Lipinski definition) is 4. The predicted molar refractivity (Wildman–Crippen MR) is 226 cm³/mol. The van der Waals surface area contributed by atoms with Crippen LogP contribution >= 0.6 is 22.7 Å². The van der Waals surface area contributed by atoms with Crippen LogP contribution in [0.15, 0.2) is 58.6 Å². The number of para-hydroxylation sites is 1. The molecule has 302 valence electrons. The quantitative estimate of drug-likeness (QED) is 0.0222. The normalized spacial score (nSPS) is 15.3. The number of amidine groups is 2. The van der Waals surface area contributed by atoms with E-state index in [1.165, 1.54) is 40.5 Å². The van der Waals surface area contributed by atoms with Crippen LogP contribution in [0.1, 0.15) is 73.8 Å². The molecule has 5 N–H and O–H groups in total. The Balaban J connectivity index is 1.13. The molecule has 17 heteroatoms. The van der Waals surface area contributed by atoms with Crippen molar-refractivity contribution in [3.8, 4) is 17.6 Å². The second-order valence-electron chi connectivity index (χ2n) is 13.3. The first-order valence-electron chi connectivity index (χ1n) is 18.7. The van der Waals surface area contributed by atoms with Crippen LogP contribution in [-0.2, 0) is 17.5 Å². The summed E-state index contributed by atoms with van der Waals surface area (Å²) in [5.41, 5.74) is 10.3. The molecule has 0 spiro atoms. The topological polar surface area (TPSA) is 193 Å². The van der Waals surface area contributed by atoms with Gasteiger partial charge in [-0.3, -0.25) is 9.62 Å². The Labute approximate surface area is 342 Å². The molecule has 57 heavy (non-hydrogen) atoms. The van der Waals surface area contributed by atoms with Crippen LogP contribution in [-0.4, -0.2) is 96.8 Å². The van der Waals surface area contributed by atoms with E-state index in [9.17, 15) is 23.1 Å². The van der Waals surface area contributed by atoms with Gasteiger partial charge in [0, 0.05) is 48.1 Å².